The van der Waals surface area contributed by atoms with Crippen molar-refractivity contribution in [3.8, 4) is 0 Å². The number of amides is 1. The van der Waals surface area contributed by atoms with E-state index in [0.29, 0.717) is 0 Å². The van der Waals surface area contributed by atoms with E-state index in [-0.39, 0.29) is 5.91 Å². The van der Waals surface area contributed by atoms with Crippen molar-refractivity contribution in [2.75, 3.05) is 12.3 Å². The van der Waals surface area contributed by atoms with Gasteiger partial charge in [-0.2, -0.15) is 0 Å². The smallest absolute Gasteiger partial charge is 0.237 e. The molecule has 0 saturated carbocycles. The number of carbonyl (C=O) groups is 1. The molecule has 1 aromatic rings. The Hall–Kier alpha value is -0.660. The highest BCUT2D eigenvalue weighted by atomic mass is 32.2. The Morgan fingerprint density at radius 3 is 2.95 bits per heavy atom. The second-order valence-corrected chi connectivity index (χ2v) is 6.81. The fourth-order valence-corrected chi connectivity index (χ4v) is 3.22. The van der Waals surface area contributed by atoms with Gasteiger partial charge in [-0.05, 0) is 32.7 Å². The highest BCUT2D eigenvalue weighted by Crippen LogP contribution is 2.21. The lowest BCUT2D eigenvalue weighted by atomic mass is 9.94. The molecule has 1 amide bonds. The van der Waals surface area contributed by atoms with E-state index in [1.54, 1.807) is 28.6 Å². The standard InChI is InChI=1S/C12H22N4OS2/c1-3-7-14-12(2,10(13)17)6-4-5-8-18-11-16-15-9-19-11/h9,14H,3-8H2,1-2H3,(H2,13,17). The van der Waals surface area contributed by atoms with Gasteiger partial charge >= 0.3 is 0 Å². The molecule has 3 N–H and O–H groups in total. The average molecular weight is 302 g/mol. The van der Waals surface area contributed by atoms with Crippen LogP contribution in [0, 0.1) is 0 Å². The summed E-state index contributed by atoms with van der Waals surface area (Å²) in [6.45, 7) is 4.79. The highest BCUT2D eigenvalue weighted by molar-refractivity contribution is 8.00. The number of nitrogens with one attached hydrogen (secondary N) is 1. The zero-order valence-corrected chi connectivity index (χ0v) is 13.1. The van der Waals surface area contributed by atoms with E-state index in [9.17, 15) is 4.79 Å². The molecule has 0 aliphatic heterocycles. The Labute approximate surface area is 122 Å². The van der Waals surface area contributed by atoms with E-state index in [2.05, 4.69) is 22.4 Å². The second-order valence-electron chi connectivity index (χ2n) is 4.63. The summed E-state index contributed by atoms with van der Waals surface area (Å²) >= 11 is 3.27. The van der Waals surface area contributed by atoms with Crippen LogP contribution in [0.1, 0.15) is 39.5 Å². The van der Waals surface area contributed by atoms with Crippen molar-refractivity contribution in [3.05, 3.63) is 5.51 Å². The van der Waals surface area contributed by atoms with Gasteiger partial charge in [0.25, 0.3) is 0 Å². The molecule has 0 aliphatic rings. The SMILES string of the molecule is CCCNC(C)(CCCCSc1nncs1)C(N)=O. The van der Waals surface area contributed by atoms with Gasteiger partial charge in [-0.15, -0.1) is 10.2 Å². The molecule has 7 heteroatoms. The molecule has 1 unspecified atom stereocenters. The maximum atomic E-state index is 11.5. The van der Waals surface area contributed by atoms with Crippen LogP contribution in [0.5, 0.6) is 0 Å². The molecule has 0 aliphatic carbocycles. The van der Waals surface area contributed by atoms with Crippen molar-refractivity contribution in [2.45, 2.75) is 49.4 Å². The van der Waals surface area contributed by atoms with Gasteiger partial charge < -0.3 is 11.1 Å². The van der Waals surface area contributed by atoms with E-state index in [1.807, 2.05) is 6.92 Å². The van der Waals surface area contributed by atoms with Crippen molar-refractivity contribution in [3.63, 3.8) is 0 Å². The number of rotatable bonds is 10. The first-order valence-electron chi connectivity index (χ1n) is 6.52. The number of nitrogens with zero attached hydrogens (tertiary/aromatic N) is 2. The average Bonchev–Trinajstić information content (AvgIpc) is 2.89. The number of carbonyl (C=O) groups excluding carboxylic acids is 1. The molecule has 1 atom stereocenters. The zero-order valence-electron chi connectivity index (χ0n) is 11.5. The van der Waals surface area contributed by atoms with Crippen molar-refractivity contribution < 1.29 is 4.79 Å². The van der Waals surface area contributed by atoms with Crippen LogP contribution in [0.3, 0.4) is 0 Å². The van der Waals surface area contributed by atoms with Crippen LogP contribution in [-0.2, 0) is 4.79 Å². The number of hydrogen-bond donors (Lipinski definition) is 2. The summed E-state index contributed by atoms with van der Waals surface area (Å²) in [6, 6.07) is 0. The topological polar surface area (TPSA) is 80.9 Å². The molecule has 0 aromatic carbocycles. The van der Waals surface area contributed by atoms with Crippen molar-refractivity contribution >= 4 is 29.0 Å². The summed E-state index contributed by atoms with van der Waals surface area (Å²) in [7, 11) is 0. The molecule has 5 nitrogen and oxygen atoms in total. The number of unbranched alkanes of at least 4 members (excludes halogenated alkanes) is 1. The second kappa shape index (κ2) is 8.50. The Balaban J connectivity index is 2.22. The summed E-state index contributed by atoms with van der Waals surface area (Å²) in [6.07, 6.45) is 3.79. The molecule has 19 heavy (non-hydrogen) atoms. The third-order valence-electron chi connectivity index (χ3n) is 2.95. The van der Waals surface area contributed by atoms with E-state index in [4.69, 9.17) is 5.73 Å². The maximum absolute atomic E-state index is 11.5. The fourth-order valence-electron chi connectivity index (χ4n) is 1.67. The highest BCUT2D eigenvalue weighted by Gasteiger charge is 2.29. The van der Waals surface area contributed by atoms with Gasteiger partial charge in [0.1, 0.15) is 5.51 Å². The number of nitrogens with two attached hydrogens (primary N) is 1. The molecule has 108 valence electrons. The summed E-state index contributed by atoms with van der Waals surface area (Å²) in [5.41, 5.74) is 6.64. The number of primary amides is 1. The van der Waals surface area contributed by atoms with Gasteiger partial charge in [-0.25, -0.2) is 0 Å². The normalized spacial score (nSPS) is 14.2. The summed E-state index contributed by atoms with van der Waals surface area (Å²) in [5.74, 6) is 0.732. The minimum Gasteiger partial charge on any atom is -0.368 e. The number of aromatic nitrogens is 2. The Kier molecular flexibility index (Phi) is 7.33. The van der Waals surface area contributed by atoms with E-state index < -0.39 is 5.54 Å². The minimum atomic E-state index is -0.580. The van der Waals surface area contributed by atoms with Crippen LogP contribution in [0.15, 0.2) is 9.85 Å². The van der Waals surface area contributed by atoms with Gasteiger partial charge in [-0.1, -0.05) is 36.4 Å². The lowest BCUT2D eigenvalue weighted by Crippen LogP contribution is -2.53. The Morgan fingerprint density at radius 2 is 2.37 bits per heavy atom. The van der Waals surface area contributed by atoms with Crippen LogP contribution in [0.25, 0.3) is 0 Å². The predicted molar refractivity (Wildman–Crippen MR) is 80.4 cm³/mol. The molecule has 0 bridgehead atoms. The summed E-state index contributed by atoms with van der Waals surface area (Å²) < 4.78 is 1.00. The van der Waals surface area contributed by atoms with Gasteiger partial charge in [-0.3, -0.25) is 4.79 Å². The molecule has 1 heterocycles. The third kappa shape index (κ3) is 5.88. The van der Waals surface area contributed by atoms with Crippen LogP contribution in [-0.4, -0.2) is 33.9 Å². The molecule has 0 spiro atoms. The Morgan fingerprint density at radius 1 is 1.58 bits per heavy atom. The Bertz CT molecular complexity index is 372. The monoisotopic (exact) mass is 302 g/mol. The first-order chi connectivity index (χ1) is 9.08. The van der Waals surface area contributed by atoms with Crippen molar-refractivity contribution in [1.82, 2.24) is 15.5 Å². The first kappa shape index (κ1) is 16.4. The van der Waals surface area contributed by atoms with Gasteiger partial charge in [0.05, 0.1) is 5.54 Å². The molecule has 0 radical (unpaired) electrons. The van der Waals surface area contributed by atoms with Gasteiger partial charge in [0.15, 0.2) is 4.34 Å². The van der Waals surface area contributed by atoms with Crippen LogP contribution >= 0.6 is 23.1 Å². The summed E-state index contributed by atoms with van der Waals surface area (Å²) in [4.78, 5) is 11.5. The number of hydrogen-bond acceptors (Lipinski definition) is 6. The predicted octanol–water partition coefficient (Wildman–Crippen LogP) is 2.04. The maximum Gasteiger partial charge on any atom is 0.237 e. The molecule has 1 rings (SSSR count). The van der Waals surface area contributed by atoms with E-state index >= 15 is 0 Å². The lowest BCUT2D eigenvalue weighted by molar-refractivity contribution is -0.124. The van der Waals surface area contributed by atoms with Crippen LogP contribution < -0.4 is 11.1 Å². The molecule has 0 fully saturated rings. The van der Waals surface area contributed by atoms with Gasteiger partial charge in [0.2, 0.25) is 5.91 Å². The third-order valence-corrected chi connectivity index (χ3v) is 4.89. The van der Waals surface area contributed by atoms with Crippen LogP contribution in [0.4, 0.5) is 0 Å². The van der Waals surface area contributed by atoms with Gasteiger partial charge in [0, 0.05) is 5.75 Å². The lowest BCUT2D eigenvalue weighted by Gasteiger charge is -2.27. The van der Waals surface area contributed by atoms with Crippen molar-refractivity contribution in [2.24, 2.45) is 5.73 Å². The molecule has 1 aromatic heterocycles. The fraction of sp³-hybridized carbons (Fsp3) is 0.750. The zero-order chi connectivity index (χ0) is 14.1. The largest absolute Gasteiger partial charge is 0.368 e. The van der Waals surface area contributed by atoms with Crippen molar-refractivity contribution in [1.29, 1.82) is 0 Å². The quantitative estimate of drug-likeness (QED) is 0.510. The number of thioether (sulfide) groups is 1. The van der Waals surface area contributed by atoms with Crippen LogP contribution in [0.2, 0.25) is 0 Å². The summed E-state index contributed by atoms with van der Waals surface area (Å²) in [5, 5.41) is 11.0. The van der Waals surface area contributed by atoms with E-state index in [1.165, 1.54) is 0 Å². The minimum absolute atomic E-state index is 0.266. The molecular formula is C12H22N4OS2. The first-order valence-corrected chi connectivity index (χ1v) is 8.39. The molecule has 0 saturated heterocycles. The van der Waals surface area contributed by atoms with E-state index in [0.717, 1.165) is 42.3 Å². The molecular weight excluding hydrogens is 280 g/mol.